The van der Waals surface area contributed by atoms with E-state index < -0.39 is 17.3 Å². The zero-order valence-corrected chi connectivity index (χ0v) is 9.35. The number of hydrogen-bond acceptors (Lipinski definition) is 7. The average molecular weight is 249 g/mol. The van der Waals surface area contributed by atoms with Crippen LogP contribution in [-0.4, -0.2) is 47.8 Å². The minimum atomic E-state index is -0.835. The van der Waals surface area contributed by atoms with Gasteiger partial charge in [-0.3, -0.25) is 0 Å². The lowest BCUT2D eigenvalue weighted by atomic mass is 10.1. The number of ether oxygens (including phenoxy) is 3. The predicted octanol–water partition coefficient (Wildman–Crippen LogP) is 0.0934. The summed E-state index contributed by atoms with van der Waals surface area (Å²) in [6.45, 7) is 2.09. The van der Waals surface area contributed by atoms with Gasteiger partial charge in [0.05, 0.1) is 13.2 Å². The topological polar surface area (TPSA) is 80.1 Å². The van der Waals surface area contributed by atoms with E-state index in [-0.39, 0.29) is 18.8 Å². The van der Waals surface area contributed by atoms with Crippen molar-refractivity contribution in [3.63, 3.8) is 0 Å². The molecule has 8 heteroatoms. The van der Waals surface area contributed by atoms with E-state index in [0.29, 0.717) is 11.7 Å². The fourth-order valence-corrected chi connectivity index (χ4v) is 2.07. The van der Waals surface area contributed by atoms with Crippen LogP contribution in [-0.2, 0) is 19.0 Å². The maximum atomic E-state index is 10.2. The van der Waals surface area contributed by atoms with Crippen LogP contribution in [0.15, 0.2) is 0 Å². The molecule has 16 heavy (non-hydrogen) atoms. The SMILES string of the molecule is CC(=S)O[C@@H]1CO[C@H]2[C@H]1OC[C@H]2O[N+](=O)[O-]. The van der Waals surface area contributed by atoms with Gasteiger partial charge in [0.1, 0.15) is 12.2 Å². The molecule has 0 aromatic carbocycles. The minimum absolute atomic E-state index is 0.132. The predicted molar refractivity (Wildman–Crippen MR) is 54.5 cm³/mol. The number of fused-ring (bicyclic) bond motifs is 1. The van der Waals surface area contributed by atoms with Crippen LogP contribution in [0, 0.1) is 10.1 Å². The second kappa shape index (κ2) is 4.48. The van der Waals surface area contributed by atoms with Crippen molar-refractivity contribution < 1.29 is 24.1 Å². The Balaban J connectivity index is 1.95. The first-order valence-electron chi connectivity index (χ1n) is 4.79. The highest BCUT2D eigenvalue weighted by atomic mass is 32.1. The molecule has 0 spiro atoms. The van der Waals surface area contributed by atoms with Crippen molar-refractivity contribution in [3.8, 4) is 0 Å². The van der Waals surface area contributed by atoms with Crippen molar-refractivity contribution in [3.05, 3.63) is 10.1 Å². The molecule has 2 fully saturated rings. The van der Waals surface area contributed by atoms with Gasteiger partial charge in [0.15, 0.2) is 17.3 Å². The molecule has 0 aromatic heterocycles. The molecule has 90 valence electrons. The van der Waals surface area contributed by atoms with Crippen molar-refractivity contribution in [2.45, 2.75) is 31.3 Å². The molecule has 0 saturated carbocycles. The normalized spacial score (nSPS) is 36.8. The van der Waals surface area contributed by atoms with Crippen LogP contribution in [0.25, 0.3) is 0 Å². The third kappa shape index (κ3) is 2.23. The third-order valence-corrected chi connectivity index (χ3v) is 2.60. The van der Waals surface area contributed by atoms with Gasteiger partial charge in [-0.2, -0.15) is 0 Å². The summed E-state index contributed by atoms with van der Waals surface area (Å²) in [5.41, 5.74) is 0. The van der Waals surface area contributed by atoms with Crippen molar-refractivity contribution in [1.82, 2.24) is 0 Å². The van der Waals surface area contributed by atoms with E-state index in [1.807, 2.05) is 0 Å². The Labute approximate surface area is 96.7 Å². The lowest BCUT2D eigenvalue weighted by molar-refractivity contribution is -0.769. The lowest BCUT2D eigenvalue weighted by Crippen LogP contribution is -2.35. The molecule has 2 saturated heterocycles. The summed E-state index contributed by atoms with van der Waals surface area (Å²) in [6, 6.07) is 0. The quantitative estimate of drug-likeness (QED) is 0.398. The van der Waals surface area contributed by atoms with Crippen molar-refractivity contribution in [2.75, 3.05) is 13.2 Å². The van der Waals surface area contributed by atoms with E-state index in [9.17, 15) is 10.1 Å². The van der Waals surface area contributed by atoms with Gasteiger partial charge in [0.2, 0.25) is 0 Å². The molecule has 0 amide bonds. The first-order chi connectivity index (χ1) is 7.58. The van der Waals surface area contributed by atoms with Gasteiger partial charge in [0.25, 0.3) is 5.09 Å². The molecule has 0 aromatic rings. The summed E-state index contributed by atoms with van der Waals surface area (Å²) < 4.78 is 16.1. The summed E-state index contributed by atoms with van der Waals surface area (Å²) in [7, 11) is 0. The van der Waals surface area contributed by atoms with Crippen LogP contribution in [0.1, 0.15) is 6.92 Å². The highest BCUT2D eigenvalue weighted by Crippen LogP contribution is 2.30. The molecule has 2 rings (SSSR count). The first-order valence-corrected chi connectivity index (χ1v) is 5.20. The Bertz CT molecular complexity index is 281. The standard InChI is InChI=1S/C8H11NO6S/c1-4(16)14-5-2-12-8-6(15-9(10)11)3-13-7(5)8/h5-8H,2-3H2,1H3/t5-,6-,7+,8-/m1/s1. The van der Waals surface area contributed by atoms with Crippen molar-refractivity contribution >= 4 is 17.3 Å². The Morgan fingerprint density at radius 3 is 2.50 bits per heavy atom. The van der Waals surface area contributed by atoms with E-state index >= 15 is 0 Å². The van der Waals surface area contributed by atoms with Crippen molar-refractivity contribution in [2.24, 2.45) is 0 Å². The molecule has 2 aliphatic heterocycles. The van der Waals surface area contributed by atoms with Crippen LogP contribution in [0.5, 0.6) is 0 Å². The fraction of sp³-hybridized carbons (Fsp3) is 0.875. The Hall–Kier alpha value is -0.990. The second-order valence-electron chi connectivity index (χ2n) is 3.61. The molecular weight excluding hydrogens is 238 g/mol. The van der Waals surface area contributed by atoms with Crippen LogP contribution in [0.3, 0.4) is 0 Å². The molecular formula is C8H11NO6S. The van der Waals surface area contributed by atoms with Crippen LogP contribution >= 0.6 is 12.2 Å². The maximum Gasteiger partial charge on any atom is 0.294 e. The summed E-state index contributed by atoms with van der Waals surface area (Å²) in [5, 5.41) is 9.79. The van der Waals surface area contributed by atoms with Gasteiger partial charge >= 0.3 is 0 Å². The van der Waals surface area contributed by atoms with Crippen molar-refractivity contribution in [1.29, 1.82) is 0 Å². The number of rotatable bonds is 3. The molecule has 0 N–H and O–H groups in total. The molecule has 2 heterocycles. The molecule has 0 radical (unpaired) electrons. The minimum Gasteiger partial charge on any atom is -0.479 e. The molecule has 4 atom stereocenters. The van der Waals surface area contributed by atoms with Gasteiger partial charge in [-0.15, -0.1) is 10.1 Å². The Morgan fingerprint density at radius 1 is 1.38 bits per heavy atom. The monoisotopic (exact) mass is 249 g/mol. The highest BCUT2D eigenvalue weighted by Gasteiger charge is 2.50. The van der Waals surface area contributed by atoms with Gasteiger partial charge in [-0.1, -0.05) is 0 Å². The van der Waals surface area contributed by atoms with Gasteiger partial charge in [-0.25, -0.2) is 0 Å². The van der Waals surface area contributed by atoms with E-state index in [2.05, 4.69) is 4.84 Å². The zero-order valence-electron chi connectivity index (χ0n) is 8.53. The summed E-state index contributed by atoms with van der Waals surface area (Å²) in [5.74, 6) is 0. The second-order valence-corrected chi connectivity index (χ2v) is 4.19. The van der Waals surface area contributed by atoms with E-state index in [0.717, 1.165) is 0 Å². The molecule has 0 aliphatic carbocycles. The first kappa shape index (κ1) is 11.5. The zero-order chi connectivity index (χ0) is 11.7. The van der Waals surface area contributed by atoms with E-state index in [1.165, 1.54) is 0 Å². The third-order valence-electron chi connectivity index (χ3n) is 2.50. The summed E-state index contributed by atoms with van der Waals surface area (Å²) >= 11 is 4.82. The summed E-state index contributed by atoms with van der Waals surface area (Å²) in [4.78, 5) is 14.7. The molecule has 7 nitrogen and oxygen atoms in total. The maximum absolute atomic E-state index is 10.2. The number of thiocarbonyl (C=S) groups is 1. The van der Waals surface area contributed by atoms with E-state index in [4.69, 9.17) is 26.4 Å². The highest BCUT2D eigenvalue weighted by molar-refractivity contribution is 7.80. The fourth-order valence-electron chi connectivity index (χ4n) is 1.94. The Morgan fingerprint density at radius 2 is 1.94 bits per heavy atom. The van der Waals surface area contributed by atoms with Crippen LogP contribution in [0.2, 0.25) is 0 Å². The largest absolute Gasteiger partial charge is 0.479 e. The number of hydrogen-bond donors (Lipinski definition) is 0. The van der Waals surface area contributed by atoms with Gasteiger partial charge in [0, 0.05) is 6.92 Å². The number of nitrogens with zero attached hydrogens (tertiary/aromatic N) is 1. The van der Waals surface area contributed by atoms with Gasteiger partial charge < -0.3 is 19.0 Å². The average Bonchev–Trinajstić information content (AvgIpc) is 2.70. The molecule has 0 bridgehead atoms. The van der Waals surface area contributed by atoms with Gasteiger partial charge in [-0.05, 0) is 12.2 Å². The molecule has 0 unspecified atom stereocenters. The van der Waals surface area contributed by atoms with Crippen LogP contribution < -0.4 is 0 Å². The Kier molecular flexibility index (Phi) is 3.22. The van der Waals surface area contributed by atoms with Crippen LogP contribution in [0.4, 0.5) is 0 Å². The smallest absolute Gasteiger partial charge is 0.294 e. The summed E-state index contributed by atoms with van der Waals surface area (Å²) in [6.07, 6.45) is -1.78. The lowest BCUT2D eigenvalue weighted by Gasteiger charge is -2.16. The van der Waals surface area contributed by atoms with E-state index in [1.54, 1.807) is 6.92 Å². The molecule has 2 aliphatic rings.